The molecule has 9 nitrogen and oxygen atoms in total. The lowest BCUT2D eigenvalue weighted by Crippen LogP contribution is -2.60. The third kappa shape index (κ3) is 61.3. The second-order valence-corrected chi connectivity index (χ2v) is 29.3. The van der Waals surface area contributed by atoms with E-state index in [1.807, 2.05) is 6.08 Å². The maximum atomic E-state index is 13.2. The fourth-order valence-electron chi connectivity index (χ4n) is 13.6. The number of carbonyl (C=O) groups excluding carboxylic acids is 1. The average molecular weight is 1330 g/mol. The molecule has 0 saturated carbocycles. The number of ether oxygens (including phenoxy) is 2. The lowest BCUT2D eigenvalue weighted by Gasteiger charge is -2.40. The number of aliphatic hydroxyl groups is 5. The average Bonchev–Trinajstić information content (AvgIpc) is 0.829. The summed E-state index contributed by atoms with van der Waals surface area (Å²) in [5, 5.41) is 54.9. The van der Waals surface area contributed by atoms with Gasteiger partial charge in [-0.05, 0) is 70.6 Å². The SMILES string of the molecule is CCCCCCCCCC/C=C\CCCCCCCCCCCCCCCCCCCCCCCCCCCCCC(=O)NC(COC1OC(CO)C(O)C(O)C1O)C(O)/C=C/CC/C=C/CC/C=C/CCCCCCCCCCCCCCCCCCCCCCCC. The van der Waals surface area contributed by atoms with Crippen LogP contribution in [0.5, 0.6) is 0 Å². The summed E-state index contributed by atoms with van der Waals surface area (Å²) >= 11 is 0. The van der Waals surface area contributed by atoms with Crippen LogP contribution in [0.15, 0.2) is 48.6 Å². The molecule has 1 aliphatic heterocycles. The second-order valence-electron chi connectivity index (χ2n) is 29.3. The van der Waals surface area contributed by atoms with Gasteiger partial charge in [-0.1, -0.05) is 403 Å². The quantitative estimate of drug-likeness (QED) is 0.0261. The standard InChI is InChI=1S/C85H161NO8/c1-3-5-7-9-11-13-15-17-19-21-23-25-27-29-31-33-35-37-38-39-40-41-42-43-45-47-49-51-53-55-57-59-61-63-65-67-69-71-73-75-81(89)86-78(77-93-85-84(92)83(91)82(90)80(76-87)94-85)79(88)74-72-70-68-66-64-62-60-58-56-54-52-50-48-46-44-36-34-32-30-28-26-24-22-20-18-16-14-12-10-8-6-4-2/h21,23,56,58,64,66,72,74,78-80,82-85,87-88,90-92H,3-20,22,24-55,57,59-63,65,67-71,73,75-77H2,1-2H3,(H,86,89)/b23-21-,58-56+,66-64+,74-72+. The molecule has 0 bridgehead atoms. The fourth-order valence-corrected chi connectivity index (χ4v) is 13.6. The van der Waals surface area contributed by atoms with Crippen molar-refractivity contribution in [1.82, 2.24) is 5.32 Å². The van der Waals surface area contributed by atoms with Gasteiger partial charge in [0.15, 0.2) is 6.29 Å². The van der Waals surface area contributed by atoms with Gasteiger partial charge in [0.1, 0.15) is 24.4 Å². The molecule has 1 fully saturated rings. The molecule has 1 heterocycles. The highest BCUT2D eigenvalue weighted by Gasteiger charge is 2.44. The van der Waals surface area contributed by atoms with Gasteiger partial charge in [-0.25, -0.2) is 0 Å². The molecular formula is C85H161NO8. The maximum absolute atomic E-state index is 13.2. The van der Waals surface area contributed by atoms with Gasteiger partial charge in [-0.2, -0.15) is 0 Å². The maximum Gasteiger partial charge on any atom is 0.220 e. The number of nitrogens with one attached hydrogen (secondary N) is 1. The zero-order chi connectivity index (χ0) is 67.8. The van der Waals surface area contributed by atoms with Crippen molar-refractivity contribution < 1.29 is 39.8 Å². The molecule has 1 saturated heterocycles. The van der Waals surface area contributed by atoms with E-state index in [-0.39, 0.29) is 12.5 Å². The van der Waals surface area contributed by atoms with Crippen LogP contribution < -0.4 is 5.32 Å². The van der Waals surface area contributed by atoms with Gasteiger partial charge in [0, 0.05) is 6.42 Å². The van der Waals surface area contributed by atoms with Gasteiger partial charge in [0.05, 0.1) is 25.4 Å². The molecule has 6 N–H and O–H groups in total. The first kappa shape index (κ1) is 90.2. The summed E-state index contributed by atoms with van der Waals surface area (Å²) < 4.78 is 11.3. The zero-order valence-electron chi connectivity index (χ0n) is 62.5. The number of allylic oxidation sites excluding steroid dienone is 7. The molecular weight excluding hydrogens is 1160 g/mol. The normalized spacial score (nSPS) is 17.7. The minimum atomic E-state index is -1.58. The van der Waals surface area contributed by atoms with Crippen LogP contribution in [0.2, 0.25) is 0 Å². The Balaban J connectivity index is 2.06. The molecule has 94 heavy (non-hydrogen) atoms. The predicted molar refractivity (Wildman–Crippen MR) is 406 cm³/mol. The summed E-state index contributed by atoms with van der Waals surface area (Å²) in [5.41, 5.74) is 0. The highest BCUT2D eigenvalue weighted by molar-refractivity contribution is 5.76. The van der Waals surface area contributed by atoms with Crippen LogP contribution in [0.25, 0.3) is 0 Å². The van der Waals surface area contributed by atoms with E-state index in [2.05, 4.69) is 55.6 Å². The lowest BCUT2D eigenvalue weighted by molar-refractivity contribution is -0.302. The summed E-state index contributed by atoms with van der Waals surface area (Å²) in [4.78, 5) is 13.2. The van der Waals surface area contributed by atoms with E-state index in [1.54, 1.807) is 6.08 Å². The number of aliphatic hydroxyl groups excluding tert-OH is 5. The topological polar surface area (TPSA) is 149 Å². The van der Waals surface area contributed by atoms with Crippen LogP contribution in [0.4, 0.5) is 0 Å². The first-order valence-corrected chi connectivity index (χ1v) is 41.9. The number of hydrogen-bond acceptors (Lipinski definition) is 8. The molecule has 1 rings (SSSR count). The third-order valence-corrected chi connectivity index (χ3v) is 20.1. The molecule has 0 spiro atoms. The smallest absolute Gasteiger partial charge is 0.220 e. The summed E-state index contributed by atoms with van der Waals surface area (Å²) in [5.74, 6) is -0.182. The molecule has 554 valence electrons. The van der Waals surface area contributed by atoms with E-state index in [0.29, 0.717) is 6.42 Å². The van der Waals surface area contributed by atoms with E-state index >= 15 is 0 Å². The Morgan fingerprint density at radius 2 is 0.606 bits per heavy atom. The molecule has 0 aliphatic carbocycles. The molecule has 0 aromatic carbocycles. The van der Waals surface area contributed by atoms with Crippen molar-refractivity contribution in [2.45, 2.75) is 474 Å². The first-order chi connectivity index (χ1) is 46.3. The van der Waals surface area contributed by atoms with Gasteiger partial charge < -0.3 is 40.3 Å². The molecule has 0 radical (unpaired) electrons. The van der Waals surface area contributed by atoms with Crippen molar-refractivity contribution in [3.05, 3.63) is 48.6 Å². The number of unbranched alkanes of at least 4 members (excludes halogenated alkanes) is 59. The van der Waals surface area contributed by atoms with Crippen molar-refractivity contribution in [2.75, 3.05) is 13.2 Å². The minimum absolute atomic E-state index is 0.182. The van der Waals surface area contributed by atoms with Gasteiger partial charge in [0.25, 0.3) is 0 Å². The molecule has 1 amide bonds. The van der Waals surface area contributed by atoms with Crippen LogP contribution in [0.3, 0.4) is 0 Å². The van der Waals surface area contributed by atoms with E-state index < -0.39 is 49.5 Å². The summed E-state index contributed by atoms with van der Waals surface area (Å²) in [6, 6.07) is -0.830. The highest BCUT2D eigenvalue weighted by atomic mass is 16.7. The number of amides is 1. The third-order valence-electron chi connectivity index (χ3n) is 20.1. The molecule has 7 atom stereocenters. The van der Waals surface area contributed by atoms with Crippen LogP contribution in [0.1, 0.15) is 431 Å². The molecule has 0 aromatic heterocycles. The van der Waals surface area contributed by atoms with Crippen LogP contribution in [-0.4, -0.2) is 87.5 Å². The molecule has 1 aliphatic rings. The lowest BCUT2D eigenvalue weighted by atomic mass is 9.99. The molecule has 9 heteroatoms. The highest BCUT2D eigenvalue weighted by Crippen LogP contribution is 2.24. The van der Waals surface area contributed by atoms with Crippen LogP contribution in [0, 0.1) is 0 Å². The number of rotatable bonds is 75. The summed E-state index contributed by atoms with van der Waals surface area (Å²) in [6.45, 7) is 3.82. The van der Waals surface area contributed by atoms with E-state index in [1.165, 1.54) is 366 Å². The van der Waals surface area contributed by atoms with Gasteiger partial charge in [0.2, 0.25) is 5.91 Å². The second kappa shape index (κ2) is 73.9. The summed E-state index contributed by atoms with van der Waals surface area (Å²) in [6.07, 6.45) is 95.8. The minimum Gasteiger partial charge on any atom is -0.394 e. The van der Waals surface area contributed by atoms with Crippen LogP contribution in [-0.2, 0) is 14.3 Å². The monoisotopic (exact) mass is 1320 g/mol. The van der Waals surface area contributed by atoms with Gasteiger partial charge in [-0.3, -0.25) is 4.79 Å². The number of hydrogen-bond donors (Lipinski definition) is 6. The van der Waals surface area contributed by atoms with Gasteiger partial charge in [-0.15, -0.1) is 0 Å². The van der Waals surface area contributed by atoms with Crippen molar-refractivity contribution >= 4 is 5.91 Å². The Morgan fingerprint density at radius 3 is 0.894 bits per heavy atom. The zero-order valence-corrected chi connectivity index (χ0v) is 62.5. The van der Waals surface area contributed by atoms with E-state index in [4.69, 9.17) is 9.47 Å². The Labute approximate surface area is 584 Å². The Bertz CT molecular complexity index is 1630. The van der Waals surface area contributed by atoms with Crippen molar-refractivity contribution in [3.63, 3.8) is 0 Å². The Hall–Kier alpha value is -1.85. The fraction of sp³-hybridized carbons (Fsp3) is 0.894. The Morgan fingerprint density at radius 1 is 0.351 bits per heavy atom. The van der Waals surface area contributed by atoms with E-state index in [0.717, 1.165) is 44.9 Å². The Kier molecular flexibility index (Phi) is 70.8. The van der Waals surface area contributed by atoms with Crippen molar-refractivity contribution in [3.8, 4) is 0 Å². The van der Waals surface area contributed by atoms with Crippen LogP contribution >= 0.6 is 0 Å². The van der Waals surface area contributed by atoms with E-state index in [9.17, 15) is 30.3 Å². The first-order valence-electron chi connectivity index (χ1n) is 41.9. The van der Waals surface area contributed by atoms with Crippen molar-refractivity contribution in [2.24, 2.45) is 0 Å². The largest absolute Gasteiger partial charge is 0.394 e. The predicted octanol–water partition coefficient (Wildman–Crippen LogP) is 24.3. The van der Waals surface area contributed by atoms with Crippen molar-refractivity contribution in [1.29, 1.82) is 0 Å². The summed E-state index contributed by atoms with van der Waals surface area (Å²) in [7, 11) is 0. The molecule has 0 aromatic rings. The van der Waals surface area contributed by atoms with Gasteiger partial charge >= 0.3 is 0 Å². The number of carbonyl (C=O) groups is 1. The molecule has 7 unspecified atom stereocenters.